The number of thiophene rings is 1. The highest BCUT2D eigenvalue weighted by Gasteiger charge is 2.12. The Hall–Kier alpha value is -3.19. The van der Waals surface area contributed by atoms with Crippen LogP contribution in [0.25, 0.3) is 11.3 Å². The molecule has 144 valence electrons. The molecule has 0 unspecified atom stereocenters. The zero-order valence-electron chi connectivity index (χ0n) is 16.0. The number of carbonyl (C=O) groups is 2. The Morgan fingerprint density at radius 2 is 1.96 bits per heavy atom. The lowest BCUT2D eigenvalue weighted by molar-refractivity contribution is 0.0950. The van der Waals surface area contributed by atoms with E-state index < -0.39 is 0 Å². The number of amides is 3. The van der Waals surface area contributed by atoms with Crippen molar-refractivity contribution in [1.29, 1.82) is 0 Å². The van der Waals surface area contributed by atoms with Crippen molar-refractivity contribution >= 4 is 29.0 Å². The van der Waals surface area contributed by atoms with E-state index in [1.165, 1.54) is 4.90 Å². The summed E-state index contributed by atoms with van der Waals surface area (Å²) in [4.78, 5) is 30.3. The van der Waals surface area contributed by atoms with E-state index in [2.05, 4.69) is 15.6 Å². The molecule has 6 nitrogen and oxygen atoms in total. The molecule has 1 aromatic carbocycles. The molecule has 3 amide bonds. The number of aromatic nitrogens is 1. The molecule has 28 heavy (non-hydrogen) atoms. The first kappa shape index (κ1) is 19.6. The molecule has 0 spiro atoms. The maximum atomic E-state index is 12.6. The number of benzene rings is 1. The van der Waals surface area contributed by atoms with Gasteiger partial charge in [0.05, 0.1) is 17.0 Å². The summed E-state index contributed by atoms with van der Waals surface area (Å²) in [7, 11) is 3.36. The normalized spacial score (nSPS) is 10.4. The third-order valence-corrected chi connectivity index (χ3v) is 4.87. The van der Waals surface area contributed by atoms with Crippen molar-refractivity contribution < 1.29 is 9.59 Å². The highest BCUT2D eigenvalue weighted by Crippen LogP contribution is 2.21. The van der Waals surface area contributed by atoms with Gasteiger partial charge in [-0.3, -0.25) is 9.78 Å². The first-order chi connectivity index (χ1) is 13.4. The van der Waals surface area contributed by atoms with Gasteiger partial charge in [0.25, 0.3) is 5.91 Å². The highest BCUT2D eigenvalue weighted by atomic mass is 32.1. The van der Waals surface area contributed by atoms with Gasteiger partial charge in [0, 0.05) is 37.3 Å². The Morgan fingerprint density at radius 1 is 1.14 bits per heavy atom. The van der Waals surface area contributed by atoms with Crippen molar-refractivity contribution in [3.8, 4) is 11.3 Å². The lowest BCUT2D eigenvalue weighted by atomic mass is 10.1. The average Bonchev–Trinajstić information content (AvgIpc) is 3.21. The van der Waals surface area contributed by atoms with Gasteiger partial charge in [-0.2, -0.15) is 11.3 Å². The third kappa shape index (κ3) is 4.75. The van der Waals surface area contributed by atoms with E-state index in [1.54, 1.807) is 31.5 Å². The van der Waals surface area contributed by atoms with Crippen LogP contribution < -0.4 is 10.6 Å². The smallest absolute Gasteiger partial charge is 0.321 e. The Kier molecular flexibility index (Phi) is 6.06. The van der Waals surface area contributed by atoms with Crippen molar-refractivity contribution in [1.82, 2.24) is 15.2 Å². The van der Waals surface area contributed by atoms with Crippen LogP contribution in [0.4, 0.5) is 10.5 Å². The van der Waals surface area contributed by atoms with Gasteiger partial charge in [-0.25, -0.2) is 4.79 Å². The number of hydrogen-bond acceptors (Lipinski definition) is 4. The quantitative estimate of drug-likeness (QED) is 0.683. The Morgan fingerprint density at radius 3 is 2.64 bits per heavy atom. The molecule has 3 rings (SSSR count). The summed E-state index contributed by atoms with van der Waals surface area (Å²) in [6.07, 6.45) is 0. The summed E-state index contributed by atoms with van der Waals surface area (Å²) in [5.41, 5.74) is 4.73. The summed E-state index contributed by atoms with van der Waals surface area (Å²) in [6.45, 7) is 2.19. The number of nitrogens with one attached hydrogen (secondary N) is 2. The number of aryl methyl sites for hydroxylation is 1. The molecule has 0 atom stereocenters. The minimum absolute atomic E-state index is 0.176. The van der Waals surface area contributed by atoms with E-state index >= 15 is 0 Å². The second-order valence-corrected chi connectivity index (χ2v) is 7.33. The fourth-order valence-electron chi connectivity index (χ4n) is 2.64. The molecule has 0 saturated heterocycles. The monoisotopic (exact) mass is 394 g/mol. The van der Waals surface area contributed by atoms with Gasteiger partial charge in [0.15, 0.2) is 0 Å². The molecule has 7 heteroatoms. The van der Waals surface area contributed by atoms with E-state index in [4.69, 9.17) is 0 Å². The van der Waals surface area contributed by atoms with Crippen LogP contribution in [0.3, 0.4) is 0 Å². The fraction of sp³-hybridized carbons (Fsp3) is 0.190. The Bertz CT molecular complexity index is 984. The number of rotatable bonds is 5. The van der Waals surface area contributed by atoms with Crippen molar-refractivity contribution in [2.45, 2.75) is 13.5 Å². The van der Waals surface area contributed by atoms with Crippen LogP contribution in [-0.2, 0) is 6.54 Å². The molecular weight excluding hydrogens is 372 g/mol. The summed E-state index contributed by atoms with van der Waals surface area (Å²) in [6, 6.07) is 12.9. The van der Waals surface area contributed by atoms with Crippen LogP contribution in [0.5, 0.6) is 0 Å². The molecule has 0 aliphatic heterocycles. The van der Waals surface area contributed by atoms with Crippen molar-refractivity contribution in [2.24, 2.45) is 0 Å². The molecule has 2 N–H and O–H groups in total. The zero-order valence-corrected chi connectivity index (χ0v) is 16.8. The molecular formula is C21H22N4O2S. The van der Waals surface area contributed by atoms with Crippen molar-refractivity contribution in [2.75, 3.05) is 19.4 Å². The lowest BCUT2D eigenvalue weighted by Crippen LogP contribution is -2.27. The molecule has 0 aliphatic carbocycles. The summed E-state index contributed by atoms with van der Waals surface area (Å²) >= 11 is 1.61. The van der Waals surface area contributed by atoms with E-state index in [0.29, 0.717) is 23.5 Å². The van der Waals surface area contributed by atoms with Crippen molar-refractivity contribution in [3.05, 3.63) is 70.0 Å². The second kappa shape index (κ2) is 8.67. The van der Waals surface area contributed by atoms with Gasteiger partial charge < -0.3 is 15.5 Å². The van der Waals surface area contributed by atoms with Gasteiger partial charge in [0.1, 0.15) is 0 Å². The standard InChI is InChI=1S/C21H22N4O2S/c1-14-18(7-8-19(23-14)16-9-10-28-13-16)20(26)22-12-15-5-4-6-17(11-15)24-21(27)25(2)3/h4-11,13H,12H2,1-3H3,(H,22,26)(H,24,27). The topological polar surface area (TPSA) is 74.3 Å². The molecule has 2 heterocycles. The zero-order chi connectivity index (χ0) is 20.1. The molecule has 0 radical (unpaired) electrons. The minimum atomic E-state index is -0.200. The maximum absolute atomic E-state index is 12.6. The predicted octanol–water partition coefficient (Wildman–Crippen LogP) is 4.14. The summed E-state index contributed by atoms with van der Waals surface area (Å²) in [5.74, 6) is -0.176. The fourth-order valence-corrected chi connectivity index (χ4v) is 3.29. The SMILES string of the molecule is Cc1nc(-c2ccsc2)ccc1C(=O)NCc1cccc(NC(=O)N(C)C)c1. The summed E-state index contributed by atoms with van der Waals surface area (Å²) in [5, 5.41) is 9.74. The van der Waals surface area contributed by atoms with E-state index in [9.17, 15) is 9.59 Å². The van der Waals surface area contributed by atoms with E-state index in [0.717, 1.165) is 16.8 Å². The number of hydrogen-bond donors (Lipinski definition) is 2. The molecule has 3 aromatic rings. The van der Waals surface area contributed by atoms with Crippen LogP contribution in [0.15, 0.2) is 53.2 Å². The third-order valence-electron chi connectivity index (χ3n) is 4.18. The second-order valence-electron chi connectivity index (χ2n) is 6.55. The van der Waals surface area contributed by atoms with Crippen LogP contribution in [-0.4, -0.2) is 35.9 Å². The Labute approximate surface area is 168 Å². The van der Waals surface area contributed by atoms with Gasteiger partial charge in [-0.05, 0) is 48.2 Å². The predicted molar refractivity (Wildman–Crippen MR) is 113 cm³/mol. The van der Waals surface area contributed by atoms with E-state index in [-0.39, 0.29) is 11.9 Å². The number of anilines is 1. The van der Waals surface area contributed by atoms with E-state index in [1.807, 2.05) is 54.1 Å². The number of pyridine rings is 1. The van der Waals surface area contributed by atoms with Gasteiger partial charge in [0.2, 0.25) is 0 Å². The number of urea groups is 1. The molecule has 0 bridgehead atoms. The maximum Gasteiger partial charge on any atom is 0.321 e. The number of nitrogens with zero attached hydrogens (tertiary/aromatic N) is 2. The molecule has 0 saturated carbocycles. The average molecular weight is 395 g/mol. The first-order valence-electron chi connectivity index (χ1n) is 8.79. The number of carbonyl (C=O) groups excluding carboxylic acids is 2. The molecule has 2 aromatic heterocycles. The molecule has 0 aliphatic rings. The largest absolute Gasteiger partial charge is 0.348 e. The van der Waals surface area contributed by atoms with Crippen LogP contribution in [0.2, 0.25) is 0 Å². The highest BCUT2D eigenvalue weighted by molar-refractivity contribution is 7.08. The van der Waals surface area contributed by atoms with Crippen LogP contribution >= 0.6 is 11.3 Å². The van der Waals surface area contributed by atoms with Gasteiger partial charge in [-0.15, -0.1) is 0 Å². The Balaban J connectivity index is 1.65. The van der Waals surface area contributed by atoms with Crippen LogP contribution in [0.1, 0.15) is 21.6 Å². The first-order valence-corrected chi connectivity index (χ1v) is 9.74. The van der Waals surface area contributed by atoms with Gasteiger partial charge >= 0.3 is 6.03 Å². The van der Waals surface area contributed by atoms with Crippen molar-refractivity contribution in [3.63, 3.8) is 0 Å². The van der Waals surface area contributed by atoms with Gasteiger partial charge in [-0.1, -0.05) is 12.1 Å². The summed E-state index contributed by atoms with van der Waals surface area (Å²) < 4.78 is 0. The molecule has 0 fully saturated rings. The van der Waals surface area contributed by atoms with Crippen LogP contribution in [0, 0.1) is 6.92 Å². The lowest BCUT2D eigenvalue weighted by Gasteiger charge is -2.13. The minimum Gasteiger partial charge on any atom is -0.348 e.